The van der Waals surface area contributed by atoms with Crippen LogP contribution in [0.3, 0.4) is 0 Å². The van der Waals surface area contributed by atoms with Gasteiger partial charge in [0, 0.05) is 5.02 Å². The van der Waals surface area contributed by atoms with Crippen LogP contribution in [0.1, 0.15) is 42.4 Å². The molecule has 0 spiro atoms. The van der Waals surface area contributed by atoms with Gasteiger partial charge < -0.3 is 5.11 Å². The third kappa shape index (κ3) is 3.85. The van der Waals surface area contributed by atoms with Crippen LogP contribution in [0.15, 0.2) is 48.5 Å². The van der Waals surface area contributed by atoms with E-state index in [-0.39, 0.29) is 0 Å². The van der Waals surface area contributed by atoms with E-state index in [0.717, 1.165) is 5.56 Å². The minimum Gasteiger partial charge on any atom is -0.481 e. The van der Waals surface area contributed by atoms with Crippen LogP contribution >= 0.6 is 11.6 Å². The Balaban J connectivity index is 2.25. The van der Waals surface area contributed by atoms with Crippen molar-refractivity contribution >= 4 is 17.6 Å². The molecule has 0 saturated heterocycles. The molecule has 1 N–H and O–H groups in total. The van der Waals surface area contributed by atoms with Crippen molar-refractivity contribution < 1.29 is 9.90 Å². The van der Waals surface area contributed by atoms with Crippen molar-refractivity contribution in [3.63, 3.8) is 0 Å². The number of carboxylic acid groups (broad SMARTS) is 1. The maximum Gasteiger partial charge on any atom is 0.311 e. The van der Waals surface area contributed by atoms with Crippen molar-refractivity contribution in [2.24, 2.45) is 0 Å². The molecule has 0 amide bonds. The standard InChI is InChI=1S/C18H19ClO2/c1-12(2)14-9-7-13(8-10-14)11-16(18(20)21)15-5-3-4-6-17(15)19/h3-10,12,16H,11H2,1-2H3,(H,20,21). The second-order valence-electron chi connectivity index (χ2n) is 5.51. The molecule has 0 radical (unpaired) electrons. The first-order valence-corrected chi connectivity index (χ1v) is 7.43. The van der Waals surface area contributed by atoms with Gasteiger partial charge in [-0.2, -0.15) is 0 Å². The fourth-order valence-electron chi connectivity index (χ4n) is 2.36. The number of hydrogen-bond acceptors (Lipinski definition) is 1. The quantitative estimate of drug-likeness (QED) is 0.855. The third-order valence-corrected chi connectivity index (χ3v) is 4.01. The average Bonchev–Trinajstić information content (AvgIpc) is 2.46. The van der Waals surface area contributed by atoms with Gasteiger partial charge in [0.1, 0.15) is 0 Å². The number of halogens is 1. The van der Waals surface area contributed by atoms with E-state index < -0.39 is 11.9 Å². The minimum absolute atomic E-state index is 0.442. The largest absolute Gasteiger partial charge is 0.481 e. The first-order valence-electron chi connectivity index (χ1n) is 7.05. The van der Waals surface area contributed by atoms with Crippen LogP contribution in [0.4, 0.5) is 0 Å². The van der Waals surface area contributed by atoms with Crippen molar-refractivity contribution in [3.05, 3.63) is 70.2 Å². The summed E-state index contributed by atoms with van der Waals surface area (Å²) >= 11 is 6.13. The number of benzene rings is 2. The molecule has 0 saturated carbocycles. The number of rotatable bonds is 5. The normalized spacial score (nSPS) is 12.4. The lowest BCUT2D eigenvalue weighted by molar-refractivity contribution is -0.138. The van der Waals surface area contributed by atoms with Crippen molar-refractivity contribution in [2.75, 3.05) is 0 Å². The zero-order chi connectivity index (χ0) is 15.4. The highest BCUT2D eigenvalue weighted by Crippen LogP contribution is 2.28. The molecule has 1 unspecified atom stereocenters. The number of aliphatic carboxylic acids is 1. The highest BCUT2D eigenvalue weighted by atomic mass is 35.5. The Hall–Kier alpha value is -1.80. The van der Waals surface area contributed by atoms with E-state index in [2.05, 4.69) is 26.0 Å². The van der Waals surface area contributed by atoms with Crippen LogP contribution < -0.4 is 0 Å². The molecule has 1 atom stereocenters. The molecule has 2 nitrogen and oxygen atoms in total. The Kier molecular flexibility index (Phi) is 5.03. The van der Waals surface area contributed by atoms with Gasteiger partial charge >= 0.3 is 5.97 Å². The van der Waals surface area contributed by atoms with Gasteiger partial charge in [-0.15, -0.1) is 0 Å². The van der Waals surface area contributed by atoms with E-state index in [4.69, 9.17) is 11.6 Å². The summed E-state index contributed by atoms with van der Waals surface area (Å²) in [5, 5.41) is 10.0. The summed E-state index contributed by atoms with van der Waals surface area (Å²) in [6.07, 6.45) is 0.442. The highest BCUT2D eigenvalue weighted by Gasteiger charge is 2.22. The molecule has 0 aliphatic heterocycles. The third-order valence-electron chi connectivity index (χ3n) is 3.66. The first kappa shape index (κ1) is 15.6. The van der Waals surface area contributed by atoms with Crippen LogP contribution in [-0.2, 0) is 11.2 Å². The van der Waals surface area contributed by atoms with Gasteiger partial charge in [-0.1, -0.05) is 67.9 Å². The molecule has 2 aromatic rings. The van der Waals surface area contributed by atoms with E-state index in [1.807, 2.05) is 24.3 Å². The molecular formula is C18H19ClO2. The first-order chi connectivity index (χ1) is 9.99. The van der Waals surface area contributed by atoms with E-state index in [9.17, 15) is 9.90 Å². The zero-order valence-electron chi connectivity index (χ0n) is 12.2. The van der Waals surface area contributed by atoms with Crippen LogP contribution in [-0.4, -0.2) is 11.1 Å². The van der Waals surface area contributed by atoms with E-state index in [1.54, 1.807) is 12.1 Å². The second-order valence-corrected chi connectivity index (χ2v) is 5.92. The molecule has 2 aromatic carbocycles. The van der Waals surface area contributed by atoms with E-state index in [1.165, 1.54) is 5.56 Å². The lowest BCUT2D eigenvalue weighted by atomic mass is 9.91. The number of carbonyl (C=O) groups is 1. The molecule has 0 fully saturated rings. The van der Waals surface area contributed by atoms with Gasteiger partial charge in [0.05, 0.1) is 5.92 Å². The number of hydrogen-bond donors (Lipinski definition) is 1. The van der Waals surface area contributed by atoms with Gasteiger partial charge in [-0.3, -0.25) is 4.79 Å². The van der Waals surface area contributed by atoms with Crippen molar-refractivity contribution in [2.45, 2.75) is 32.1 Å². The van der Waals surface area contributed by atoms with E-state index in [0.29, 0.717) is 22.9 Å². The molecule has 0 bridgehead atoms. The van der Waals surface area contributed by atoms with Gasteiger partial charge in [-0.05, 0) is 35.1 Å². The summed E-state index contributed by atoms with van der Waals surface area (Å²) in [4.78, 5) is 11.6. The van der Waals surface area contributed by atoms with E-state index >= 15 is 0 Å². The summed E-state index contributed by atoms with van der Waals surface area (Å²) in [6, 6.07) is 15.3. The van der Waals surface area contributed by atoms with Crippen molar-refractivity contribution in [3.8, 4) is 0 Å². The Labute approximate surface area is 130 Å². The monoisotopic (exact) mass is 302 g/mol. The summed E-state index contributed by atoms with van der Waals surface area (Å²) < 4.78 is 0. The van der Waals surface area contributed by atoms with Crippen LogP contribution in [0.2, 0.25) is 5.02 Å². The summed E-state index contributed by atoms with van der Waals surface area (Å²) in [6.45, 7) is 4.28. The zero-order valence-corrected chi connectivity index (χ0v) is 13.0. The highest BCUT2D eigenvalue weighted by molar-refractivity contribution is 6.31. The maximum absolute atomic E-state index is 11.6. The van der Waals surface area contributed by atoms with Crippen LogP contribution in [0.5, 0.6) is 0 Å². The predicted octanol–water partition coefficient (Wildman–Crippen LogP) is 4.87. The smallest absolute Gasteiger partial charge is 0.311 e. The van der Waals surface area contributed by atoms with Gasteiger partial charge in [-0.25, -0.2) is 0 Å². The minimum atomic E-state index is -0.851. The predicted molar refractivity (Wildman–Crippen MR) is 86.1 cm³/mol. The Morgan fingerprint density at radius 1 is 1.10 bits per heavy atom. The molecule has 3 heteroatoms. The van der Waals surface area contributed by atoms with Crippen molar-refractivity contribution in [1.82, 2.24) is 0 Å². The number of carboxylic acids is 1. The molecule has 0 aliphatic rings. The van der Waals surface area contributed by atoms with Crippen LogP contribution in [0, 0.1) is 0 Å². The molecular weight excluding hydrogens is 284 g/mol. The summed E-state index contributed by atoms with van der Waals surface area (Å²) in [7, 11) is 0. The molecule has 0 aromatic heterocycles. The topological polar surface area (TPSA) is 37.3 Å². The Morgan fingerprint density at radius 2 is 1.71 bits per heavy atom. The maximum atomic E-state index is 11.6. The molecule has 0 aliphatic carbocycles. The van der Waals surface area contributed by atoms with Crippen molar-refractivity contribution in [1.29, 1.82) is 0 Å². The second kappa shape index (κ2) is 6.77. The Bertz CT molecular complexity index is 617. The summed E-state index contributed by atoms with van der Waals surface area (Å²) in [5.41, 5.74) is 2.93. The van der Waals surface area contributed by atoms with Gasteiger partial charge in [0.2, 0.25) is 0 Å². The lowest BCUT2D eigenvalue weighted by Gasteiger charge is -2.15. The van der Waals surface area contributed by atoms with Gasteiger partial charge in [0.15, 0.2) is 0 Å². The average molecular weight is 303 g/mol. The fraction of sp³-hybridized carbons (Fsp3) is 0.278. The van der Waals surface area contributed by atoms with Crippen LogP contribution in [0.25, 0.3) is 0 Å². The molecule has 2 rings (SSSR count). The molecule has 21 heavy (non-hydrogen) atoms. The molecule has 110 valence electrons. The molecule has 0 heterocycles. The lowest BCUT2D eigenvalue weighted by Crippen LogP contribution is -2.15. The van der Waals surface area contributed by atoms with Gasteiger partial charge in [0.25, 0.3) is 0 Å². The fourth-order valence-corrected chi connectivity index (χ4v) is 2.63. The SMILES string of the molecule is CC(C)c1ccc(CC(C(=O)O)c2ccccc2Cl)cc1. The Morgan fingerprint density at radius 3 is 2.24 bits per heavy atom. The summed E-state index contributed by atoms with van der Waals surface area (Å²) in [5.74, 6) is -1.00.